The summed E-state index contributed by atoms with van der Waals surface area (Å²) in [6.45, 7) is 3.46. The van der Waals surface area contributed by atoms with Crippen LogP contribution >= 0.6 is 0 Å². The number of hydrogen-bond acceptors (Lipinski definition) is 7. The number of nitrogens with zero attached hydrogens (tertiary/aromatic N) is 5. The minimum Gasteiger partial charge on any atom is -0.347 e. The number of nitrogens with one attached hydrogen (secondary N) is 1. The van der Waals surface area contributed by atoms with E-state index in [2.05, 4.69) is 30.3 Å². The van der Waals surface area contributed by atoms with E-state index in [1.807, 2.05) is 13.0 Å². The van der Waals surface area contributed by atoms with Crippen LogP contribution in [0.2, 0.25) is 0 Å². The number of pyridine rings is 1. The summed E-state index contributed by atoms with van der Waals surface area (Å²) in [7, 11) is 0. The van der Waals surface area contributed by atoms with Crippen molar-refractivity contribution in [2.45, 2.75) is 45.1 Å². The molecule has 0 spiro atoms. The Morgan fingerprint density at radius 1 is 1.25 bits per heavy atom. The first-order valence-electron chi connectivity index (χ1n) is 9.81. The number of hydrogen-bond donors (Lipinski definition) is 1. The zero-order valence-corrected chi connectivity index (χ0v) is 15.8. The third-order valence-corrected chi connectivity index (χ3v) is 5.64. The van der Waals surface area contributed by atoms with Crippen LogP contribution in [0, 0.1) is 6.92 Å². The lowest BCUT2D eigenvalue weighted by Gasteiger charge is -2.33. The minimum atomic E-state index is -0.0577. The van der Waals surface area contributed by atoms with Crippen molar-refractivity contribution in [1.29, 1.82) is 0 Å². The van der Waals surface area contributed by atoms with E-state index in [9.17, 15) is 4.79 Å². The van der Waals surface area contributed by atoms with Gasteiger partial charge in [0, 0.05) is 37.2 Å². The van der Waals surface area contributed by atoms with E-state index >= 15 is 0 Å². The number of anilines is 1. The topological polar surface area (TPSA) is 97.0 Å². The molecule has 3 aromatic heterocycles. The Morgan fingerprint density at radius 3 is 2.96 bits per heavy atom. The number of aryl methyl sites for hydroxylation is 2. The molecule has 1 aliphatic heterocycles. The smallest absolute Gasteiger partial charge is 0.259 e. The Morgan fingerprint density at radius 2 is 2.11 bits per heavy atom. The van der Waals surface area contributed by atoms with Crippen LogP contribution in [0.15, 0.2) is 23.0 Å². The molecule has 0 aromatic carbocycles. The van der Waals surface area contributed by atoms with Crippen LogP contribution < -0.4 is 10.2 Å². The average molecular weight is 378 g/mol. The number of rotatable bonds is 3. The van der Waals surface area contributed by atoms with Gasteiger partial charge in [0.15, 0.2) is 0 Å². The first kappa shape index (κ1) is 17.1. The SMILES string of the molecule is Cc1noc2nc3c(c(C(=O)NC4CCCN(c5ncccn5)C4)c12)CCC3. The summed E-state index contributed by atoms with van der Waals surface area (Å²) in [5, 5.41) is 8.02. The highest BCUT2D eigenvalue weighted by molar-refractivity contribution is 6.07. The Balaban J connectivity index is 1.42. The molecule has 1 fully saturated rings. The molecule has 1 unspecified atom stereocenters. The van der Waals surface area contributed by atoms with E-state index in [1.165, 1.54) is 0 Å². The molecule has 28 heavy (non-hydrogen) atoms. The molecule has 3 aromatic rings. The molecular weight excluding hydrogens is 356 g/mol. The summed E-state index contributed by atoms with van der Waals surface area (Å²) in [6, 6.07) is 1.86. The minimum absolute atomic E-state index is 0.0468. The van der Waals surface area contributed by atoms with E-state index in [0.29, 0.717) is 29.5 Å². The lowest BCUT2D eigenvalue weighted by molar-refractivity contribution is 0.0933. The summed E-state index contributed by atoms with van der Waals surface area (Å²) < 4.78 is 5.36. The van der Waals surface area contributed by atoms with Gasteiger partial charge in [0.1, 0.15) is 0 Å². The first-order valence-corrected chi connectivity index (χ1v) is 9.81. The van der Waals surface area contributed by atoms with Crippen molar-refractivity contribution in [2.75, 3.05) is 18.0 Å². The molecule has 2 aliphatic rings. The predicted molar refractivity (Wildman–Crippen MR) is 103 cm³/mol. The highest BCUT2D eigenvalue weighted by Crippen LogP contribution is 2.31. The second-order valence-corrected chi connectivity index (χ2v) is 7.52. The van der Waals surface area contributed by atoms with Gasteiger partial charge >= 0.3 is 0 Å². The Bertz CT molecular complexity index is 1030. The van der Waals surface area contributed by atoms with Crippen LogP contribution in [0.25, 0.3) is 11.1 Å². The number of carbonyl (C=O) groups is 1. The van der Waals surface area contributed by atoms with Crippen LogP contribution in [0.4, 0.5) is 5.95 Å². The predicted octanol–water partition coefficient (Wildman–Crippen LogP) is 2.21. The fraction of sp³-hybridized carbons (Fsp3) is 0.450. The molecule has 0 radical (unpaired) electrons. The van der Waals surface area contributed by atoms with Crippen molar-refractivity contribution in [2.24, 2.45) is 0 Å². The number of aromatic nitrogens is 4. The van der Waals surface area contributed by atoms with Gasteiger partial charge in [-0.15, -0.1) is 0 Å². The molecule has 144 valence electrons. The van der Waals surface area contributed by atoms with Crippen LogP contribution in [0.3, 0.4) is 0 Å². The summed E-state index contributed by atoms with van der Waals surface area (Å²) in [4.78, 5) is 28.7. The third kappa shape index (κ3) is 2.89. The number of fused-ring (bicyclic) bond motifs is 2. The van der Waals surface area contributed by atoms with Gasteiger partial charge < -0.3 is 14.7 Å². The van der Waals surface area contributed by atoms with Gasteiger partial charge in [-0.25, -0.2) is 15.0 Å². The molecule has 5 rings (SSSR count). The maximum absolute atomic E-state index is 13.3. The Hall–Kier alpha value is -3.03. The average Bonchev–Trinajstić information content (AvgIpc) is 3.34. The van der Waals surface area contributed by atoms with Crippen molar-refractivity contribution in [1.82, 2.24) is 25.4 Å². The summed E-state index contributed by atoms with van der Waals surface area (Å²) in [5.74, 6) is 0.654. The monoisotopic (exact) mass is 378 g/mol. The van der Waals surface area contributed by atoms with Crippen LogP contribution in [0.1, 0.15) is 46.6 Å². The third-order valence-electron chi connectivity index (χ3n) is 5.64. The highest BCUT2D eigenvalue weighted by atomic mass is 16.5. The number of piperidine rings is 1. The van der Waals surface area contributed by atoms with E-state index in [0.717, 1.165) is 55.3 Å². The first-order chi connectivity index (χ1) is 13.7. The molecule has 0 saturated carbocycles. The van der Waals surface area contributed by atoms with Crippen LogP contribution in [-0.4, -0.2) is 45.1 Å². The van der Waals surface area contributed by atoms with Gasteiger partial charge in [0.2, 0.25) is 5.95 Å². The molecule has 8 nitrogen and oxygen atoms in total. The fourth-order valence-electron chi connectivity index (χ4n) is 4.36. The second-order valence-electron chi connectivity index (χ2n) is 7.52. The molecule has 8 heteroatoms. The van der Waals surface area contributed by atoms with Gasteiger partial charge in [-0.1, -0.05) is 5.16 Å². The maximum atomic E-state index is 13.3. The van der Waals surface area contributed by atoms with Gasteiger partial charge in [-0.05, 0) is 50.7 Å². The van der Waals surface area contributed by atoms with Crippen molar-refractivity contribution in [3.63, 3.8) is 0 Å². The van der Waals surface area contributed by atoms with Crippen LogP contribution in [0.5, 0.6) is 0 Å². The lowest BCUT2D eigenvalue weighted by Crippen LogP contribution is -2.48. The molecule has 1 aliphatic carbocycles. The molecule has 1 atom stereocenters. The molecule has 1 saturated heterocycles. The zero-order valence-electron chi connectivity index (χ0n) is 15.8. The van der Waals surface area contributed by atoms with Crippen LogP contribution in [-0.2, 0) is 12.8 Å². The van der Waals surface area contributed by atoms with Gasteiger partial charge in [-0.3, -0.25) is 4.79 Å². The van der Waals surface area contributed by atoms with Crippen molar-refractivity contribution in [3.05, 3.63) is 41.0 Å². The maximum Gasteiger partial charge on any atom is 0.259 e. The largest absolute Gasteiger partial charge is 0.347 e. The van der Waals surface area contributed by atoms with Gasteiger partial charge in [0.25, 0.3) is 11.6 Å². The molecule has 1 amide bonds. The lowest BCUT2D eigenvalue weighted by atomic mass is 10.0. The van der Waals surface area contributed by atoms with Crippen molar-refractivity contribution in [3.8, 4) is 0 Å². The summed E-state index contributed by atoms with van der Waals surface area (Å²) >= 11 is 0. The second kappa shape index (κ2) is 6.85. The number of amides is 1. The molecule has 1 N–H and O–H groups in total. The van der Waals surface area contributed by atoms with E-state index in [-0.39, 0.29) is 11.9 Å². The van der Waals surface area contributed by atoms with Gasteiger partial charge in [-0.2, -0.15) is 0 Å². The summed E-state index contributed by atoms with van der Waals surface area (Å²) in [6.07, 6.45) is 8.19. The normalized spacial score (nSPS) is 19.0. The van der Waals surface area contributed by atoms with E-state index < -0.39 is 0 Å². The number of carbonyl (C=O) groups excluding carboxylic acids is 1. The molecule has 4 heterocycles. The quantitative estimate of drug-likeness (QED) is 0.746. The van der Waals surface area contributed by atoms with Crippen molar-refractivity contribution >= 4 is 23.0 Å². The summed E-state index contributed by atoms with van der Waals surface area (Å²) in [5.41, 5.74) is 3.90. The molecule has 0 bridgehead atoms. The highest BCUT2D eigenvalue weighted by Gasteiger charge is 2.29. The van der Waals surface area contributed by atoms with E-state index in [1.54, 1.807) is 12.4 Å². The Labute approximate surface area is 162 Å². The molecular formula is C20H22N6O2. The zero-order chi connectivity index (χ0) is 19.1. The van der Waals surface area contributed by atoms with E-state index in [4.69, 9.17) is 4.52 Å². The Kier molecular flexibility index (Phi) is 4.18. The van der Waals surface area contributed by atoms with Crippen molar-refractivity contribution < 1.29 is 9.32 Å². The van der Waals surface area contributed by atoms with Gasteiger partial charge in [0.05, 0.1) is 16.6 Å². The standard InChI is InChI=1S/C20H22N6O2/c1-12-16-17(14-6-2-7-15(14)24-19(16)28-25-12)18(27)23-13-5-3-10-26(11-13)20-21-8-4-9-22-20/h4,8-9,13H,2-3,5-7,10-11H2,1H3,(H,23,27). The fourth-order valence-corrected chi connectivity index (χ4v) is 4.36.